The predicted octanol–water partition coefficient (Wildman–Crippen LogP) is 19.3. The van der Waals surface area contributed by atoms with Crippen LogP contribution in [0.25, 0.3) is 0 Å². The molecule has 404 valence electrons. The van der Waals surface area contributed by atoms with Crippen molar-refractivity contribution in [1.82, 2.24) is 0 Å². The molecule has 0 bridgehead atoms. The van der Waals surface area contributed by atoms with E-state index in [1.54, 1.807) is 0 Å². The maximum atomic E-state index is 12.8. The van der Waals surface area contributed by atoms with E-state index in [1.807, 2.05) is 24.3 Å². The highest BCUT2D eigenvalue weighted by Gasteiger charge is 2.19. The van der Waals surface area contributed by atoms with Gasteiger partial charge in [-0.15, -0.1) is 0 Å². The minimum absolute atomic E-state index is 0.153. The van der Waals surface area contributed by atoms with E-state index in [0.717, 1.165) is 122 Å². The zero-order chi connectivity index (χ0) is 52.9. The van der Waals surface area contributed by atoms with Gasteiger partial charge in [-0.1, -0.05) is 229 Å². The zero-order valence-electron chi connectivity index (χ0n) is 46.1. The van der Waals surface area contributed by atoms with E-state index in [9.17, 15) is 14.4 Å². The van der Waals surface area contributed by atoms with Crippen LogP contribution in [0.15, 0.2) is 182 Å². The van der Waals surface area contributed by atoms with Crippen LogP contribution in [0.4, 0.5) is 0 Å². The number of hydrogen-bond donors (Lipinski definition) is 0. The molecule has 0 aromatic carbocycles. The third-order valence-electron chi connectivity index (χ3n) is 10.9. The van der Waals surface area contributed by atoms with Crippen molar-refractivity contribution in [1.29, 1.82) is 0 Å². The first-order valence-electron chi connectivity index (χ1n) is 28.3. The first kappa shape index (κ1) is 67.5. The number of carbonyl (C=O) groups is 3. The number of carbonyl (C=O) groups excluding carboxylic acids is 3. The second kappa shape index (κ2) is 59.1. The number of unbranched alkanes of at least 4 members (excludes halogenated alkanes) is 7. The highest BCUT2D eigenvalue weighted by Crippen LogP contribution is 2.10. The Morgan fingerprint density at radius 2 is 0.562 bits per heavy atom. The highest BCUT2D eigenvalue weighted by atomic mass is 16.6. The van der Waals surface area contributed by atoms with Crippen molar-refractivity contribution < 1.29 is 28.6 Å². The van der Waals surface area contributed by atoms with Crippen LogP contribution in [0, 0.1) is 0 Å². The van der Waals surface area contributed by atoms with Crippen molar-refractivity contribution in [3.63, 3.8) is 0 Å². The van der Waals surface area contributed by atoms with Crippen molar-refractivity contribution in [3.8, 4) is 0 Å². The fourth-order valence-electron chi connectivity index (χ4n) is 6.73. The minimum Gasteiger partial charge on any atom is -0.462 e. The standard InChI is InChI=1S/C67H100O6/c1-4-7-10-13-16-19-22-25-28-31-33-36-39-42-45-48-51-54-57-60-66(69)72-63-64(62-71-65(68)59-56-53-50-47-44-41-38-35-30-27-24-21-18-15-12-9-6-3)73-67(70)61-58-55-52-49-46-43-40-37-34-32-29-26-23-20-17-14-11-8-5-2/h7-8,10-11,16-21,25-30,33-34,36-38,41-43,45-46,51-52,54-55,64H,4-6,9,12-15,22-24,31-32,35,39-40,44,47-50,53,56-63H2,1-3H3/b10-7-,11-8-,19-16-,20-17-,21-18-,28-25-,29-26-,30-27-,36-33-,37-34-,41-38-,45-42-,46-43-,54-51-,55-52-/t64-/m1/s1. The minimum atomic E-state index is -0.870. The van der Waals surface area contributed by atoms with Crippen molar-refractivity contribution >= 4 is 17.9 Å². The van der Waals surface area contributed by atoms with Crippen LogP contribution in [0.3, 0.4) is 0 Å². The average molecular weight is 1000 g/mol. The van der Waals surface area contributed by atoms with Gasteiger partial charge < -0.3 is 14.2 Å². The number of allylic oxidation sites excluding steroid dienone is 30. The van der Waals surface area contributed by atoms with Crippen LogP contribution in [-0.2, 0) is 28.6 Å². The molecule has 0 aromatic heterocycles. The molecule has 0 fully saturated rings. The Bertz CT molecular complexity index is 1770. The molecule has 0 aliphatic carbocycles. The highest BCUT2D eigenvalue weighted by molar-refractivity contribution is 5.71. The molecule has 6 heteroatoms. The van der Waals surface area contributed by atoms with Crippen molar-refractivity contribution in [2.24, 2.45) is 0 Å². The molecule has 0 amide bonds. The maximum Gasteiger partial charge on any atom is 0.306 e. The van der Waals surface area contributed by atoms with Gasteiger partial charge in [-0.2, -0.15) is 0 Å². The molecule has 6 nitrogen and oxygen atoms in total. The molecular weight excluding hydrogens is 901 g/mol. The SMILES string of the molecule is CC/C=C\C/C=C\C/C=C\C/C=C\C/C=C\C/C=C\CCC(=O)OC[C@@H](COC(=O)CCCCCC/C=C\C/C=C\C/C=C\CCCCC)OC(=O)CC/C=C\C/C=C\C/C=C\C/C=C\C/C=C\C/C=C\CC. The van der Waals surface area contributed by atoms with Gasteiger partial charge in [0.15, 0.2) is 6.10 Å². The summed E-state index contributed by atoms with van der Waals surface area (Å²) in [7, 11) is 0. The van der Waals surface area contributed by atoms with E-state index in [1.165, 1.54) is 25.7 Å². The summed E-state index contributed by atoms with van der Waals surface area (Å²) in [6.07, 6.45) is 89.0. The Hall–Kier alpha value is -5.49. The fourth-order valence-corrected chi connectivity index (χ4v) is 6.73. The Morgan fingerprint density at radius 3 is 0.904 bits per heavy atom. The summed E-state index contributed by atoms with van der Waals surface area (Å²) in [6.45, 7) is 6.21. The van der Waals surface area contributed by atoms with Crippen LogP contribution in [0.1, 0.15) is 201 Å². The Kier molecular flexibility index (Phi) is 54.6. The third-order valence-corrected chi connectivity index (χ3v) is 10.9. The summed E-state index contributed by atoms with van der Waals surface area (Å²) in [4.78, 5) is 38.1. The van der Waals surface area contributed by atoms with Gasteiger partial charge in [-0.05, 0) is 135 Å². The molecule has 0 aromatic rings. The van der Waals surface area contributed by atoms with E-state index in [4.69, 9.17) is 14.2 Å². The molecule has 1 atom stereocenters. The molecule has 0 radical (unpaired) electrons. The van der Waals surface area contributed by atoms with Crippen LogP contribution < -0.4 is 0 Å². The van der Waals surface area contributed by atoms with Gasteiger partial charge in [0, 0.05) is 19.3 Å². The molecule has 0 aliphatic rings. The molecule has 0 spiro atoms. The van der Waals surface area contributed by atoms with E-state index in [-0.39, 0.29) is 32.0 Å². The Balaban J connectivity index is 4.71. The van der Waals surface area contributed by atoms with Crippen LogP contribution >= 0.6 is 0 Å². The van der Waals surface area contributed by atoms with Gasteiger partial charge in [0.1, 0.15) is 13.2 Å². The lowest BCUT2D eigenvalue weighted by Crippen LogP contribution is -2.30. The molecule has 73 heavy (non-hydrogen) atoms. The Morgan fingerprint density at radius 1 is 0.288 bits per heavy atom. The van der Waals surface area contributed by atoms with Crippen molar-refractivity contribution in [2.75, 3.05) is 13.2 Å². The van der Waals surface area contributed by atoms with Crippen LogP contribution in [0.2, 0.25) is 0 Å². The lowest BCUT2D eigenvalue weighted by atomic mass is 10.1. The van der Waals surface area contributed by atoms with Crippen LogP contribution in [-0.4, -0.2) is 37.2 Å². The second-order valence-electron chi connectivity index (χ2n) is 17.7. The van der Waals surface area contributed by atoms with E-state index in [0.29, 0.717) is 19.3 Å². The summed E-state index contributed by atoms with van der Waals surface area (Å²) in [6, 6.07) is 0. The summed E-state index contributed by atoms with van der Waals surface area (Å²) in [5.41, 5.74) is 0. The predicted molar refractivity (Wildman–Crippen MR) is 315 cm³/mol. The van der Waals surface area contributed by atoms with Gasteiger partial charge in [0.25, 0.3) is 0 Å². The molecule has 0 unspecified atom stereocenters. The molecule has 0 heterocycles. The molecule has 0 saturated carbocycles. The molecule has 0 aliphatic heterocycles. The lowest BCUT2D eigenvalue weighted by Gasteiger charge is -2.18. The number of ether oxygens (including phenoxy) is 3. The van der Waals surface area contributed by atoms with Gasteiger partial charge in [-0.3, -0.25) is 14.4 Å². The van der Waals surface area contributed by atoms with E-state index >= 15 is 0 Å². The zero-order valence-corrected chi connectivity index (χ0v) is 46.1. The monoisotopic (exact) mass is 1000 g/mol. The fraction of sp³-hybridized carbons (Fsp3) is 0.507. The topological polar surface area (TPSA) is 78.9 Å². The molecule has 0 N–H and O–H groups in total. The summed E-state index contributed by atoms with van der Waals surface area (Å²) in [5.74, 6) is -1.16. The quantitative estimate of drug-likeness (QED) is 0.0262. The summed E-state index contributed by atoms with van der Waals surface area (Å²) >= 11 is 0. The van der Waals surface area contributed by atoms with Gasteiger partial charge in [-0.25, -0.2) is 0 Å². The number of hydrogen-bond acceptors (Lipinski definition) is 6. The van der Waals surface area contributed by atoms with Crippen molar-refractivity contribution in [2.45, 2.75) is 207 Å². The van der Waals surface area contributed by atoms with Gasteiger partial charge in [0.2, 0.25) is 0 Å². The van der Waals surface area contributed by atoms with E-state index < -0.39 is 18.0 Å². The second-order valence-corrected chi connectivity index (χ2v) is 17.7. The van der Waals surface area contributed by atoms with E-state index in [2.05, 4.69) is 179 Å². The number of rotatable bonds is 48. The molecule has 0 rings (SSSR count). The van der Waals surface area contributed by atoms with Crippen molar-refractivity contribution in [3.05, 3.63) is 182 Å². The lowest BCUT2D eigenvalue weighted by molar-refractivity contribution is -0.166. The summed E-state index contributed by atoms with van der Waals surface area (Å²) in [5, 5.41) is 0. The van der Waals surface area contributed by atoms with Crippen LogP contribution in [0.5, 0.6) is 0 Å². The average Bonchev–Trinajstić information content (AvgIpc) is 3.39. The normalized spacial score (nSPS) is 13.5. The maximum absolute atomic E-state index is 12.8. The third kappa shape index (κ3) is 57.3. The van der Waals surface area contributed by atoms with Gasteiger partial charge in [0.05, 0.1) is 0 Å². The van der Waals surface area contributed by atoms with Gasteiger partial charge >= 0.3 is 17.9 Å². The molecular formula is C67H100O6. The number of esters is 3. The first-order chi connectivity index (χ1) is 36.0. The molecule has 0 saturated heterocycles. The Labute approximate surface area is 446 Å². The smallest absolute Gasteiger partial charge is 0.306 e. The largest absolute Gasteiger partial charge is 0.462 e. The summed E-state index contributed by atoms with van der Waals surface area (Å²) < 4.78 is 16.7. The first-order valence-corrected chi connectivity index (χ1v) is 28.3.